The number of rotatable bonds is 6. The Kier molecular flexibility index (Phi) is 5.88. The molecule has 0 bridgehead atoms. The molecule has 3 aromatic rings. The van der Waals surface area contributed by atoms with E-state index in [0.717, 1.165) is 29.0 Å². The Labute approximate surface area is 182 Å². The molecule has 2 aromatic carbocycles. The average Bonchev–Trinajstić information content (AvgIpc) is 3.33. The number of aromatic nitrogens is 1. The molecule has 0 amide bonds. The number of ether oxygens (including phenoxy) is 1. The Hall–Kier alpha value is -2.67. The van der Waals surface area contributed by atoms with Crippen molar-refractivity contribution >= 4 is 28.5 Å². The van der Waals surface area contributed by atoms with E-state index in [4.69, 9.17) is 21.4 Å². The predicted molar refractivity (Wildman–Crippen MR) is 112 cm³/mol. The molecule has 1 heterocycles. The summed E-state index contributed by atoms with van der Waals surface area (Å²) < 4.78 is 46.6. The fourth-order valence-corrected chi connectivity index (χ4v) is 4.55. The first-order chi connectivity index (χ1) is 14.7. The highest BCUT2D eigenvalue weighted by Gasteiger charge is 2.36. The van der Waals surface area contributed by atoms with Crippen LogP contribution in [0.2, 0.25) is 5.02 Å². The number of hydrogen-bond acceptors (Lipinski definition) is 2. The topological polar surface area (TPSA) is 62.3 Å². The zero-order valence-electron chi connectivity index (χ0n) is 16.6. The van der Waals surface area contributed by atoms with Gasteiger partial charge in [-0.3, -0.25) is 4.79 Å². The number of aromatic amines is 1. The Morgan fingerprint density at radius 1 is 1.19 bits per heavy atom. The van der Waals surface area contributed by atoms with E-state index in [9.17, 15) is 18.0 Å². The van der Waals surface area contributed by atoms with E-state index in [0.29, 0.717) is 5.92 Å². The van der Waals surface area contributed by atoms with Gasteiger partial charge in [0.05, 0.1) is 17.0 Å². The van der Waals surface area contributed by atoms with Gasteiger partial charge < -0.3 is 14.8 Å². The number of aliphatic carboxylic acids is 1. The van der Waals surface area contributed by atoms with Crippen molar-refractivity contribution in [2.75, 3.05) is 0 Å². The van der Waals surface area contributed by atoms with Crippen molar-refractivity contribution in [1.82, 2.24) is 4.98 Å². The van der Waals surface area contributed by atoms with Crippen molar-refractivity contribution in [1.29, 1.82) is 0 Å². The molecule has 4 nitrogen and oxygen atoms in total. The minimum atomic E-state index is -4.75. The van der Waals surface area contributed by atoms with Gasteiger partial charge in [0.2, 0.25) is 0 Å². The molecule has 0 spiro atoms. The second kappa shape index (κ2) is 8.46. The summed E-state index contributed by atoms with van der Waals surface area (Å²) in [4.78, 5) is 14.1. The zero-order chi connectivity index (χ0) is 22.2. The third-order valence-corrected chi connectivity index (χ3v) is 5.99. The van der Waals surface area contributed by atoms with E-state index in [2.05, 4.69) is 4.98 Å². The van der Waals surface area contributed by atoms with Crippen molar-refractivity contribution in [3.8, 4) is 11.5 Å². The number of nitrogens with one attached hydrogen (secondary N) is 1. The van der Waals surface area contributed by atoms with E-state index in [1.165, 1.54) is 31.7 Å². The Morgan fingerprint density at radius 3 is 2.61 bits per heavy atom. The minimum absolute atomic E-state index is 0.0443. The van der Waals surface area contributed by atoms with Gasteiger partial charge in [-0.25, -0.2) is 0 Å². The number of fused-ring (bicyclic) bond motifs is 1. The van der Waals surface area contributed by atoms with Gasteiger partial charge in [-0.1, -0.05) is 37.3 Å². The SMILES string of the molecule is O=C(O)Cc1cc(Cl)c(Oc2ccc3[nH]cc(CC4CCCC4)c3c2)c(C(F)(F)F)c1. The van der Waals surface area contributed by atoms with Crippen LogP contribution in [-0.4, -0.2) is 16.1 Å². The minimum Gasteiger partial charge on any atom is -0.481 e. The lowest BCUT2D eigenvalue weighted by atomic mass is 9.97. The van der Waals surface area contributed by atoms with Crippen LogP contribution in [0.4, 0.5) is 13.2 Å². The zero-order valence-corrected chi connectivity index (χ0v) is 17.3. The normalized spacial score (nSPS) is 15.0. The number of carbonyl (C=O) groups is 1. The van der Waals surface area contributed by atoms with E-state index in [1.54, 1.807) is 18.2 Å². The Balaban J connectivity index is 1.68. The summed E-state index contributed by atoms with van der Waals surface area (Å²) in [6.45, 7) is 0. The Bertz CT molecular complexity index is 1120. The molecule has 1 aliphatic rings. The highest BCUT2D eigenvalue weighted by molar-refractivity contribution is 6.32. The Morgan fingerprint density at radius 2 is 1.94 bits per heavy atom. The van der Waals surface area contributed by atoms with Crippen molar-refractivity contribution in [2.45, 2.75) is 44.7 Å². The van der Waals surface area contributed by atoms with Crippen LogP contribution in [0, 0.1) is 5.92 Å². The van der Waals surface area contributed by atoms with E-state index >= 15 is 0 Å². The van der Waals surface area contributed by atoms with Crippen LogP contribution in [0.1, 0.15) is 42.4 Å². The maximum absolute atomic E-state index is 13.7. The predicted octanol–water partition coefficient (Wildman–Crippen LogP) is 6.99. The molecule has 2 N–H and O–H groups in total. The first-order valence-corrected chi connectivity index (χ1v) is 10.5. The summed E-state index contributed by atoms with van der Waals surface area (Å²) >= 11 is 6.09. The van der Waals surface area contributed by atoms with Crippen LogP contribution in [0.3, 0.4) is 0 Å². The number of alkyl halides is 3. The van der Waals surface area contributed by atoms with Gasteiger partial charge in [-0.2, -0.15) is 13.2 Å². The van der Waals surface area contributed by atoms with Gasteiger partial charge in [0.1, 0.15) is 5.75 Å². The number of H-pyrrole nitrogens is 1. The molecule has 8 heteroatoms. The van der Waals surface area contributed by atoms with Crippen molar-refractivity contribution in [3.63, 3.8) is 0 Å². The number of carboxylic acids is 1. The highest BCUT2D eigenvalue weighted by Crippen LogP contribution is 2.43. The number of hydrogen-bond donors (Lipinski definition) is 2. The maximum Gasteiger partial charge on any atom is 0.420 e. The van der Waals surface area contributed by atoms with Crippen molar-refractivity contribution < 1.29 is 27.8 Å². The highest BCUT2D eigenvalue weighted by atomic mass is 35.5. The molecule has 0 radical (unpaired) electrons. The molecule has 31 heavy (non-hydrogen) atoms. The maximum atomic E-state index is 13.7. The van der Waals surface area contributed by atoms with Gasteiger partial charge >= 0.3 is 12.1 Å². The van der Waals surface area contributed by atoms with Crippen LogP contribution in [0.15, 0.2) is 36.5 Å². The molecule has 0 aliphatic heterocycles. The molecular weight excluding hydrogens is 431 g/mol. The van der Waals surface area contributed by atoms with Crippen LogP contribution in [0.25, 0.3) is 10.9 Å². The molecule has 0 saturated heterocycles. The molecular formula is C23H21ClF3NO3. The first kappa shape index (κ1) is 21.6. The quantitative estimate of drug-likeness (QED) is 0.424. The van der Waals surface area contributed by atoms with E-state index in [1.807, 2.05) is 6.20 Å². The summed E-state index contributed by atoms with van der Waals surface area (Å²) in [5.41, 5.74) is 0.860. The molecule has 1 aromatic heterocycles. The van der Waals surface area contributed by atoms with Gasteiger partial charge in [0.15, 0.2) is 5.75 Å². The number of halogens is 4. The molecule has 1 aliphatic carbocycles. The summed E-state index contributed by atoms with van der Waals surface area (Å²) in [7, 11) is 0. The first-order valence-electron chi connectivity index (χ1n) is 10.1. The van der Waals surface area contributed by atoms with Gasteiger partial charge in [0, 0.05) is 17.1 Å². The monoisotopic (exact) mass is 451 g/mol. The fourth-order valence-electron chi connectivity index (χ4n) is 4.27. The van der Waals surface area contributed by atoms with Crippen molar-refractivity contribution in [3.05, 3.63) is 58.2 Å². The van der Waals surface area contributed by atoms with E-state index < -0.39 is 29.9 Å². The average molecular weight is 452 g/mol. The van der Waals surface area contributed by atoms with Crippen LogP contribution in [-0.2, 0) is 23.8 Å². The largest absolute Gasteiger partial charge is 0.481 e. The summed E-state index contributed by atoms with van der Waals surface area (Å²) in [5.74, 6) is -0.920. The summed E-state index contributed by atoms with van der Waals surface area (Å²) in [6, 6.07) is 7.04. The summed E-state index contributed by atoms with van der Waals surface area (Å²) in [6.07, 6.45) is 2.40. The third-order valence-electron chi connectivity index (χ3n) is 5.71. The molecule has 164 valence electrons. The molecule has 1 saturated carbocycles. The van der Waals surface area contributed by atoms with Gasteiger partial charge in [-0.15, -0.1) is 0 Å². The standard InChI is InChI=1S/C23H21ClF3NO3/c24-19-9-14(10-21(29)30)8-18(23(25,26)27)22(19)31-16-5-6-20-17(11-16)15(12-28-20)7-13-3-1-2-4-13/h5-6,8-9,11-13,28H,1-4,7,10H2,(H,29,30). The van der Waals surface area contributed by atoms with Crippen molar-refractivity contribution in [2.24, 2.45) is 5.92 Å². The van der Waals surface area contributed by atoms with Gasteiger partial charge in [-0.05, 0) is 53.8 Å². The van der Waals surface area contributed by atoms with Crippen LogP contribution >= 0.6 is 11.6 Å². The number of benzene rings is 2. The van der Waals surface area contributed by atoms with E-state index in [-0.39, 0.29) is 16.3 Å². The van der Waals surface area contributed by atoms with Crippen LogP contribution < -0.4 is 4.74 Å². The molecule has 0 atom stereocenters. The number of carboxylic acid groups (broad SMARTS) is 1. The second-order valence-electron chi connectivity index (χ2n) is 8.00. The lowest BCUT2D eigenvalue weighted by Crippen LogP contribution is -2.10. The molecule has 0 unspecified atom stereocenters. The lowest BCUT2D eigenvalue weighted by Gasteiger charge is -2.17. The second-order valence-corrected chi connectivity index (χ2v) is 8.41. The molecule has 4 rings (SSSR count). The lowest BCUT2D eigenvalue weighted by molar-refractivity contribution is -0.139. The summed E-state index contributed by atoms with van der Waals surface area (Å²) in [5, 5.41) is 9.53. The van der Waals surface area contributed by atoms with Crippen LogP contribution in [0.5, 0.6) is 11.5 Å². The van der Waals surface area contributed by atoms with Gasteiger partial charge in [0.25, 0.3) is 0 Å². The third kappa shape index (κ3) is 4.82. The fraction of sp³-hybridized carbons (Fsp3) is 0.348. The molecule has 1 fully saturated rings. The smallest absolute Gasteiger partial charge is 0.420 e.